The fraction of sp³-hybridized carbons (Fsp3) is 0.333. The third kappa shape index (κ3) is 5.34. The van der Waals surface area contributed by atoms with E-state index in [9.17, 15) is 9.59 Å². The van der Waals surface area contributed by atoms with Crippen LogP contribution in [0.1, 0.15) is 54.9 Å². The van der Waals surface area contributed by atoms with Gasteiger partial charge in [0, 0.05) is 21.8 Å². The van der Waals surface area contributed by atoms with Crippen molar-refractivity contribution >= 4 is 23.3 Å². The summed E-state index contributed by atoms with van der Waals surface area (Å²) in [5.41, 5.74) is 1.72. The van der Waals surface area contributed by atoms with Gasteiger partial charge >= 0.3 is 0 Å². The number of aryl methyl sites for hydroxylation is 1. The van der Waals surface area contributed by atoms with Crippen LogP contribution in [0.15, 0.2) is 58.3 Å². The first-order valence-corrected chi connectivity index (χ1v) is 9.34. The van der Waals surface area contributed by atoms with Gasteiger partial charge in [-0.1, -0.05) is 56.1 Å². The minimum Gasteiger partial charge on any atom is -0.290 e. The van der Waals surface area contributed by atoms with Crippen LogP contribution in [0.3, 0.4) is 0 Å². The molecule has 0 bridgehead atoms. The molecule has 0 spiro atoms. The summed E-state index contributed by atoms with van der Waals surface area (Å²) in [5.74, 6) is -0.635. The quantitative estimate of drug-likeness (QED) is 0.325. The molecule has 24 heavy (non-hydrogen) atoms. The zero-order valence-corrected chi connectivity index (χ0v) is 15.2. The maximum Gasteiger partial charge on any atom is 0.228 e. The van der Waals surface area contributed by atoms with Crippen LogP contribution in [-0.2, 0) is 4.79 Å². The van der Waals surface area contributed by atoms with Crippen molar-refractivity contribution < 1.29 is 9.59 Å². The molecule has 0 aliphatic carbocycles. The van der Waals surface area contributed by atoms with Gasteiger partial charge < -0.3 is 0 Å². The van der Waals surface area contributed by atoms with Crippen molar-refractivity contribution in [2.45, 2.75) is 55.7 Å². The molecule has 0 atom stereocenters. The smallest absolute Gasteiger partial charge is 0.228 e. The van der Waals surface area contributed by atoms with Crippen molar-refractivity contribution in [1.82, 2.24) is 0 Å². The van der Waals surface area contributed by atoms with Crippen LogP contribution in [0, 0.1) is 6.92 Å². The first kappa shape index (κ1) is 18.5. The summed E-state index contributed by atoms with van der Waals surface area (Å²) in [7, 11) is 0. The molecule has 0 saturated heterocycles. The van der Waals surface area contributed by atoms with Gasteiger partial charge in [0.15, 0.2) is 0 Å². The number of hydrogen-bond acceptors (Lipinski definition) is 3. The zero-order chi connectivity index (χ0) is 17.4. The van der Waals surface area contributed by atoms with Gasteiger partial charge in [-0.15, -0.1) is 0 Å². The highest BCUT2D eigenvalue weighted by Crippen LogP contribution is 2.30. The summed E-state index contributed by atoms with van der Waals surface area (Å²) in [4.78, 5) is 26.4. The summed E-state index contributed by atoms with van der Waals surface area (Å²) in [6.45, 7) is 4.21. The number of carbonyl (C=O) groups excluding carboxylic acids is 2. The van der Waals surface area contributed by atoms with E-state index in [1.54, 1.807) is 23.9 Å². The number of ketones is 2. The molecule has 2 nitrogen and oxygen atoms in total. The van der Waals surface area contributed by atoms with E-state index in [0.29, 0.717) is 12.0 Å². The predicted octanol–water partition coefficient (Wildman–Crippen LogP) is 5.87. The topological polar surface area (TPSA) is 34.1 Å². The maximum absolute atomic E-state index is 12.2. The van der Waals surface area contributed by atoms with Crippen LogP contribution in [0.2, 0.25) is 0 Å². The van der Waals surface area contributed by atoms with E-state index in [0.717, 1.165) is 30.6 Å². The summed E-state index contributed by atoms with van der Waals surface area (Å²) >= 11 is 1.67. The molecule has 0 fully saturated rings. The number of unbranched alkanes of at least 4 members (excludes halogenated alkanes) is 3. The molecule has 126 valence electrons. The Morgan fingerprint density at radius 3 is 2.29 bits per heavy atom. The van der Waals surface area contributed by atoms with Crippen molar-refractivity contribution in [3.63, 3.8) is 0 Å². The lowest BCUT2D eigenvalue weighted by molar-refractivity contribution is -0.115. The average Bonchev–Trinajstić information content (AvgIpc) is 2.60. The molecular weight excluding hydrogens is 316 g/mol. The van der Waals surface area contributed by atoms with Crippen LogP contribution >= 0.6 is 11.8 Å². The standard InChI is InChI=1S/C21H24O2S/c1-3-4-5-6-10-19(22)21(23)17-12-14-18(15-13-17)24-20-11-8-7-9-16(20)2/h7-9,11-15H,3-6,10H2,1-2H3. The molecule has 0 saturated carbocycles. The lowest BCUT2D eigenvalue weighted by atomic mass is 10.0. The molecule has 0 aliphatic heterocycles. The van der Waals surface area contributed by atoms with E-state index in [-0.39, 0.29) is 11.6 Å². The average molecular weight is 340 g/mol. The monoisotopic (exact) mass is 340 g/mol. The van der Waals surface area contributed by atoms with Crippen molar-refractivity contribution in [2.24, 2.45) is 0 Å². The fourth-order valence-electron chi connectivity index (χ4n) is 2.46. The second kappa shape index (κ2) is 9.43. The Labute approximate surface area is 148 Å². The SMILES string of the molecule is CCCCCCC(=O)C(=O)c1ccc(Sc2ccccc2C)cc1. The Hall–Kier alpha value is -1.87. The molecule has 0 unspecified atom stereocenters. The van der Waals surface area contributed by atoms with E-state index in [2.05, 4.69) is 26.0 Å². The van der Waals surface area contributed by atoms with Crippen LogP contribution < -0.4 is 0 Å². The highest BCUT2D eigenvalue weighted by Gasteiger charge is 2.15. The fourth-order valence-corrected chi connectivity index (χ4v) is 3.36. The van der Waals surface area contributed by atoms with Crippen molar-refractivity contribution in [1.29, 1.82) is 0 Å². The normalized spacial score (nSPS) is 10.6. The van der Waals surface area contributed by atoms with Crippen molar-refractivity contribution in [3.05, 3.63) is 59.7 Å². The molecular formula is C21H24O2S. The van der Waals surface area contributed by atoms with Gasteiger partial charge in [0.25, 0.3) is 0 Å². The molecule has 0 N–H and O–H groups in total. The molecule has 2 aromatic rings. The Bertz CT molecular complexity index is 689. The first-order valence-electron chi connectivity index (χ1n) is 8.53. The molecule has 0 heterocycles. The second-order valence-electron chi connectivity index (χ2n) is 5.95. The number of rotatable bonds is 9. The van der Waals surface area contributed by atoms with Gasteiger partial charge in [-0.3, -0.25) is 9.59 Å². The minimum absolute atomic E-state index is 0.273. The second-order valence-corrected chi connectivity index (χ2v) is 7.07. The van der Waals surface area contributed by atoms with E-state index in [4.69, 9.17) is 0 Å². The van der Waals surface area contributed by atoms with E-state index < -0.39 is 0 Å². The number of benzene rings is 2. The third-order valence-electron chi connectivity index (χ3n) is 3.95. The maximum atomic E-state index is 12.2. The summed E-state index contributed by atoms with van der Waals surface area (Å²) in [5, 5.41) is 0. The zero-order valence-electron chi connectivity index (χ0n) is 14.4. The minimum atomic E-state index is -0.362. The molecule has 3 heteroatoms. The van der Waals surface area contributed by atoms with Crippen LogP contribution in [-0.4, -0.2) is 11.6 Å². The lowest BCUT2D eigenvalue weighted by Crippen LogP contribution is -2.13. The van der Waals surface area contributed by atoms with E-state index in [1.807, 2.05) is 24.3 Å². The largest absolute Gasteiger partial charge is 0.290 e. The number of hydrogen-bond donors (Lipinski definition) is 0. The third-order valence-corrected chi connectivity index (χ3v) is 5.13. The molecule has 0 radical (unpaired) electrons. The van der Waals surface area contributed by atoms with Gasteiger partial charge in [-0.2, -0.15) is 0 Å². The Kier molecular flexibility index (Phi) is 7.26. The highest BCUT2D eigenvalue weighted by atomic mass is 32.2. The van der Waals surface area contributed by atoms with Crippen molar-refractivity contribution in [3.8, 4) is 0 Å². The summed E-state index contributed by atoms with van der Waals surface area (Å²) in [6.07, 6.45) is 4.42. The van der Waals surface area contributed by atoms with Crippen LogP contribution in [0.4, 0.5) is 0 Å². The lowest BCUT2D eigenvalue weighted by Gasteiger charge is -2.06. The Morgan fingerprint density at radius 1 is 0.917 bits per heavy atom. The van der Waals surface area contributed by atoms with Crippen molar-refractivity contribution in [2.75, 3.05) is 0 Å². The predicted molar refractivity (Wildman–Crippen MR) is 99.8 cm³/mol. The van der Waals surface area contributed by atoms with Crippen LogP contribution in [0.25, 0.3) is 0 Å². The summed E-state index contributed by atoms with van der Waals surface area (Å²) < 4.78 is 0. The Morgan fingerprint density at radius 2 is 1.62 bits per heavy atom. The number of Topliss-reactive ketones (excluding diaryl/α,β-unsaturated/α-hetero) is 2. The molecule has 2 rings (SSSR count). The van der Waals surface area contributed by atoms with Gasteiger partial charge in [0.2, 0.25) is 11.6 Å². The van der Waals surface area contributed by atoms with Crippen LogP contribution in [0.5, 0.6) is 0 Å². The van der Waals surface area contributed by atoms with Gasteiger partial charge in [0.1, 0.15) is 0 Å². The van der Waals surface area contributed by atoms with Gasteiger partial charge in [-0.25, -0.2) is 0 Å². The molecule has 0 amide bonds. The van der Waals surface area contributed by atoms with E-state index in [1.165, 1.54) is 10.5 Å². The Balaban J connectivity index is 1.95. The molecule has 2 aromatic carbocycles. The number of carbonyl (C=O) groups is 2. The van der Waals surface area contributed by atoms with E-state index >= 15 is 0 Å². The molecule has 0 aliphatic rings. The first-order chi connectivity index (χ1) is 11.6. The molecule has 0 aromatic heterocycles. The van der Waals surface area contributed by atoms with Gasteiger partial charge in [-0.05, 0) is 49.2 Å². The van der Waals surface area contributed by atoms with Gasteiger partial charge in [0.05, 0.1) is 0 Å². The summed E-state index contributed by atoms with van der Waals surface area (Å²) in [6, 6.07) is 15.5. The highest BCUT2D eigenvalue weighted by molar-refractivity contribution is 7.99.